The summed E-state index contributed by atoms with van der Waals surface area (Å²) in [6.07, 6.45) is 4.05. The van der Waals surface area contributed by atoms with Gasteiger partial charge in [0.05, 0.1) is 0 Å². The number of nitrogens with zero attached hydrogens (tertiary/aromatic N) is 1. The number of halogens is 1. The molecule has 1 saturated carbocycles. The zero-order chi connectivity index (χ0) is 13.3. The van der Waals surface area contributed by atoms with Gasteiger partial charge in [-0.15, -0.1) is 0 Å². The molecule has 1 N–H and O–H groups in total. The smallest absolute Gasteiger partial charge is 0.270 e. The molecule has 1 fully saturated rings. The van der Waals surface area contributed by atoms with Crippen LogP contribution in [0, 0.1) is 5.41 Å². The van der Waals surface area contributed by atoms with Gasteiger partial charge in [0.15, 0.2) is 0 Å². The average molecular weight is 319 g/mol. The SMILES string of the molecule is O=C(NCC1(CBr)CC1)c1nccc2ccccc12. The minimum Gasteiger partial charge on any atom is -0.350 e. The van der Waals surface area contributed by atoms with E-state index in [4.69, 9.17) is 0 Å². The summed E-state index contributed by atoms with van der Waals surface area (Å²) in [5.74, 6) is -0.0796. The number of nitrogens with one attached hydrogen (secondary N) is 1. The van der Waals surface area contributed by atoms with Gasteiger partial charge in [-0.3, -0.25) is 9.78 Å². The van der Waals surface area contributed by atoms with Crippen LogP contribution in [0.2, 0.25) is 0 Å². The van der Waals surface area contributed by atoms with Crippen LogP contribution < -0.4 is 5.32 Å². The Morgan fingerprint density at radius 1 is 1.32 bits per heavy atom. The molecule has 19 heavy (non-hydrogen) atoms. The van der Waals surface area contributed by atoms with E-state index in [1.807, 2.05) is 30.3 Å². The molecule has 3 nitrogen and oxygen atoms in total. The van der Waals surface area contributed by atoms with Gasteiger partial charge in [0.25, 0.3) is 5.91 Å². The number of hydrogen-bond donors (Lipinski definition) is 1. The molecule has 1 heterocycles. The van der Waals surface area contributed by atoms with E-state index in [2.05, 4.69) is 26.2 Å². The van der Waals surface area contributed by atoms with Gasteiger partial charge in [0.2, 0.25) is 0 Å². The van der Waals surface area contributed by atoms with Crippen LogP contribution in [0.4, 0.5) is 0 Å². The van der Waals surface area contributed by atoms with Crippen molar-refractivity contribution in [3.05, 3.63) is 42.2 Å². The highest BCUT2D eigenvalue weighted by molar-refractivity contribution is 9.09. The summed E-state index contributed by atoms with van der Waals surface area (Å²) < 4.78 is 0. The van der Waals surface area contributed by atoms with E-state index in [0.717, 1.165) is 22.6 Å². The molecule has 0 aliphatic heterocycles. The molecule has 0 atom stereocenters. The molecule has 0 bridgehead atoms. The lowest BCUT2D eigenvalue weighted by Gasteiger charge is -2.13. The molecule has 1 aliphatic rings. The first kappa shape index (κ1) is 12.6. The summed E-state index contributed by atoms with van der Waals surface area (Å²) in [5, 5.41) is 5.92. The summed E-state index contributed by atoms with van der Waals surface area (Å²) >= 11 is 3.51. The number of carbonyl (C=O) groups excluding carboxylic acids is 1. The van der Waals surface area contributed by atoms with Crippen molar-refractivity contribution in [2.75, 3.05) is 11.9 Å². The van der Waals surface area contributed by atoms with Crippen molar-refractivity contribution in [2.45, 2.75) is 12.8 Å². The highest BCUT2D eigenvalue weighted by Crippen LogP contribution is 2.46. The molecule has 1 amide bonds. The second kappa shape index (κ2) is 4.93. The molecular weight excluding hydrogens is 304 g/mol. The van der Waals surface area contributed by atoms with E-state index in [9.17, 15) is 4.79 Å². The molecule has 98 valence electrons. The van der Waals surface area contributed by atoms with Crippen molar-refractivity contribution >= 4 is 32.6 Å². The predicted octanol–water partition coefficient (Wildman–Crippen LogP) is 3.14. The number of alkyl halides is 1. The Labute approximate surface area is 120 Å². The van der Waals surface area contributed by atoms with Gasteiger partial charge in [0.1, 0.15) is 5.69 Å². The molecule has 0 spiro atoms. The molecule has 0 unspecified atom stereocenters. The van der Waals surface area contributed by atoms with Gasteiger partial charge in [-0.25, -0.2) is 0 Å². The van der Waals surface area contributed by atoms with Crippen LogP contribution in [0.15, 0.2) is 36.5 Å². The summed E-state index contributed by atoms with van der Waals surface area (Å²) in [6, 6.07) is 9.76. The van der Waals surface area contributed by atoms with Crippen LogP contribution in [0.25, 0.3) is 10.8 Å². The molecule has 2 aromatic rings. The first-order chi connectivity index (χ1) is 9.24. The van der Waals surface area contributed by atoms with E-state index in [1.165, 1.54) is 12.8 Å². The van der Waals surface area contributed by atoms with Crippen LogP contribution in [-0.4, -0.2) is 22.8 Å². The lowest BCUT2D eigenvalue weighted by Crippen LogP contribution is -2.31. The first-order valence-electron chi connectivity index (χ1n) is 6.42. The molecule has 0 radical (unpaired) electrons. The Morgan fingerprint density at radius 3 is 2.84 bits per heavy atom. The second-order valence-electron chi connectivity index (χ2n) is 5.20. The van der Waals surface area contributed by atoms with E-state index >= 15 is 0 Å². The van der Waals surface area contributed by atoms with Crippen molar-refractivity contribution in [1.82, 2.24) is 10.3 Å². The number of rotatable bonds is 4. The monoisotopic (exact) mass is 318 g/mol. The quantitative estimate of drug-likeness (QED) is 0.880. The Bertz CT molecular complexity index is 617. The van der Waals surface area contributed by atoms with Crippen LogP contribution in [0.1, 0.15) is 23.3 Å². The first-order valence-corrected chi connectivity index (χ1v) is 7.54. The summed E-state index contributed by atoms with van der Waals surface area (Å²) in [6.45, 7) is 0.724. The van der Waals surface area contributed by atoms with E-state index in [-0.39, 0.29) is 11.3 Å². The van der Waals surface area contributed by atoms with Crippen molar-refractivity contribution in [3.8, 4) is 0 Å². The Hall–Kier alpha value is -1.42. The Kier molecular flexibility index (Phi) is 3.27. The number of aromatic nitrogens is 1. The molecular formula is C15H15BrN2O. The Balaban J connectivity index is 1.82. The molecule has 3 rings (SSSR count). The van der Waals surface area contributed by atoms with Crippen LogP contribution >= 0.6 is 15.9 Å². The van der Waals surface area contributed by atoms with E-state index < -0.39 is 0 Å². The van der Waals surface area contributed by atoms with Gasteiger partial charge < -0.3 is 5.32 Å². The minimum atomic E-state index is -0.0796. The fourth-order valence-corrected chi connectivity index (χ4v) is 2.95. The maximum absolute atomic E-state index is 12.3. The third kappa shape index (κ3) is 2.50. The number of hydrogen-bond acceptors (Lipinski definition) is 2. The maximum atomic E-state index is 12.3. The highest BCUT2D eigenvalue weighted by Gasteiger charge is 2.41. The van der Waals surface area contributed by atoms with E-state index in [1.54, 1.807) is 6.20 Å². The van der Waals surface area contributed by atoms with Gasteiger partial charge in [-0.2, -0.15) is 0 Å². The number of carbonyl (C=O) groups is 1. The third-order valence-corrected chi connectivity index (χ3v) is 4.94. The standard InChI is InChI=1S/C15H15BrN2O/c16-9-15(6-7-15)10-18-14(19)13-12-4-2-1-3-11(12)5-8-17-13/h1-5,8H,6-7,9-10H2,(H,18,19). The lowest BCUT2D eigenvalue weighted by atomic mass is 10.1. The van der Waals surface area contributed by atoms with Crippen LogP contribution in [0.5, 0.6) is 0 Å². The largest absolute Gasteiger partial charge is 0.350 e. The lowest BCUT2D eigenvalue weighted by molar-refractivity contribution is 0.0943. The number of benzene rings is 1. The maximum Gasteiger partial charge on any atom is 0.270 e. The Morgan fingerprint density at radius 2 is 2.11 bits per heavy atom. The number of pyridine rings is 1. The minimum absolute atomic E-state index is 0.0796. The molecule has 1 aromatic carbocycles. The molecule has 0 saturated heterocycles. The van der Waals surface area contributed by atoms with Gasteiger partial charge in [-0.1, -0.05) is 40.2 Å². The van der Waals surface area contributed by atoms with Crippen molar-refractivity contribution in [3.63, 3.8) is 0 Å². The molecule has 1 aliphatic carbocycles. The van der Waals surface area contributed by atoms with Crippen molar-refractivity contribution in [1.29, 1.82) is 0 Å². The van der Waals surface area contributed by atoms with Gasteiger partial charge in [0, 0.05) is 23.5 Å². The predicted molar refractivity (Wildman–Crippen MR) is 79.5 cm³/mol. The zero-order valence-electron chi connectivity index (χ0n) is 10.5. The average Bonchev–Trinajstić information content (AvgIpc) is 3.25. The van der Waals surface area contributed by atoms with Gasteiger partial charge in [-0.05, 0) is 29.7 Å². The number of amides is 1. The van der Waals surface area contributed by atoms with Crippen molar-refractivity contribution < 1.29 is 4.79 Å². The summed E-state index contributed by atoms with van der Waals surface area (Å²) in [5.41, 5.74) is 0.795. The number of fused-ring (bicyclic) bond motifs is 1. The molecule has 1 aromatic heterocycles. The molecule has 4 heteroatoms. The summed E-state index contributed by atoms with van der Waals surface area (Å²) in [7, 11) is 0. The highest BCUT2D eigenvalue weighted by atomic mass is 79.9. The van der Waals surface area contributed by atoms with E-state index in [0.29, 0.717) is 5.69 Å². The second-order valence-corrected chi connectivity index (χ2v) is 5.76. The normalized spacial score (nSPS) is 16.3. The fourth-order valence-electron chi connectivity index (χ4n) is 2.19. The topological polar surface area (TPSA) is 42.0 Å². The van der Waals surface area contributed by atoms with Crippen LogP contribution in [-0.2, 0) is 0 Å². The third-order valence-electron chi connectivity index (χ3n) is 3.75. The summed E-state index contributed by atoms with van der Waals surface area (Å²) in [4.78, 5) is 16.5. The van der Waals surface area contributed by atoms with Crippen LogP contribution in [0.3, 0.4) is 0 Å². The zero-order valence-corrected chi connectivity index (χ0v) is 12.1. The van der Waals surface area contributed by atoms with Gasteiger partial charge >= 0.3 is 0 Å². The fraction of sp³-hybridized carbons (Fsp3) is 0.333. The van der Waals surface area contributed by atoms with Crippen molar-refractivity contribution in [2.24, 2.45) is 5.41 Å².